The lowest BCUT2D eigenvalue weighted by molar-refractivity contribution is -0.123. The average Bonchev–Trinajstić information content (AvgIpc) is 3.59. The van der Waals surface area contributed by atoms with E-state index in [1.807, 2.05) is 24.3 Å². The van der Waals surface area contributed by atoms with E-state index >= 15 is 0 Å². The second-order valence-electron chi connectivity index (χ2n) is 14.0. The minimum absolute atomic E-state index is 0.272. The maximum absolute atomic E-state index is 14.0. The molecular weight excluding hydrogens is 669 g/mol. The van der Waals surface area contributed by atoms with Crippen LogP contribution in [0.5, 0.6) is 0 Å². The van der Waals surface area contributed by atoms with Gasteiger partial charge in [-0.25, -0.2) is 0 Å². The van der Waals surface area contributed by atoms with Crippen molar-refractivity contribution in [3.05, 3.63) is 179 Å². The van der Waals surface area contributed by atoms with E-state index in [1.54, 1.807) is 26.5 Å². The molecule has 0 unspecified atom stereocenters. The van der Waals surface area contributed by atoms with E-state index in [0.29, 0.717) is 33.9 Å². The van der Waals surface area contributed by atoms with E-state index in [9.17, 15) is 9.59 Å². The Labute approximate surface area is 316 Å². The number of benzene rings is 4. The minimum Gasteiger partial charge on any atom is -0.309 e. The molecule has 0 atom stereocenters. The van der Waals surface area contributed by atoms with Crippen LogP contribution in [0.25, 0.3) is 11.4 Å². The molecule has 6 aromatic rings. The Bertz CT molecular complexity index is 2180. The van der Waals surface area contributed by atoms with Crippen LogP contribution in [0.3, 0.4) is 0 Å². The zero-order chi connectivity index (χ0) is 37.7. The molecule has 2 aliphatic heterocycles. The van der Waals surface area contributed by atoms with Crippen molar-refractivity contribution >= 4 is 57.3 Å². The van der Waals surface area contributed by atoms with Crippen molar-refractivity contribution in [3.63, 3.8) is 0 Å². The van der Waals surface area contributed by atoms with Crippen LogP contribution in [-0.4, -0.2) is 45.7 Å². The van der Waals surface area contributed by atoms with Crippen molar-refractivity contribution in [2.45, 2.75) is 27.7 Å². The minimum atomic E-state index is -0.272. The number of carbonyl (C=O) groups excluding carboxylic acids is 2. The lowest BCUT2D eigenvalue weighted by Crippen LogP contribution is -2.25. The van der Waals surface area contributed by atoms with Gasteiger partial charge in [0.05, 0.1) is 57.7 Å². The van der Waals surface area contributed by atoms with Crippen LogP contribution < -0.4 is 9.80 Å². The second-order valence-corrected chi connectivity index (χ2v) is 14.0. The van der Waals surface area contributed by atoms with Crippen molar-refractivity contribution in [1.82, 2.24) is 19.8 Å². The first-order valence-electron chi connectivity index (χ1n) is 17.9. The molecule has 0 spiro atoms. The summed E-state index contributed by atoms with van der Waals surface area (Å²) in [6, 6.07) is 41.1. The molecule has 8 nitrogen and oxygen atoms in total. The highest BCUT2D eigenvalue weighted by Gasteiger charge is 2.47. The average molecular weight is 709 g/mol. The number of likely N-dealkylation sites (N-methyl/N-ethyl adjacent to an activating group) is 2. The van der Waals surface area contributed by atoms with Crippen LogP contribution in [0.4, 0.5) is 34.1 Å². The van der Waals surface area contributed by atoms with Gasteiger partial charge in [0, 0.05) is 36.8 Å². The lowest BCUT2D eigenvalue weighted by Gasteiger charge is -2.26. The topological polar surface area (TPSA) is 72.9 Å². The van der Waals surface area contributed by atoms with E-state index in [1.165, 1.54) is 32.1 Å². The van der Waals surface area contributed by atoms with Crippen molar-refractivity contribution < 1.29 is 9.59 Å². The van der Waals surface area contributed by atoms with E-state index < -0.39 is 0 Å². The number of hydrogen-bond donors (Lipinski definition) is 0. The maximum Gasteiger partial charge on any atom is 0.261 e. The van der Waals surface area contributed by atoms with Crippen LogP contribution in [0.15, 0.2) is 145 Å². The molecule has 2 aromatic heterocycles. The van der Waals surface area contributed by atoms with E-state index in [0.717, 1.165) is 34.1 Å². The van der Waals surface area contributed by atoms with Gasteiger partial charge >= 0.3 is 0 Å². The number of fused-ring (bicyclic) bond motifs is 1. The summed E-state index contributed by atoms with van der Waals surface area (Å²) >= 11 is 0. The molecule has 0 aliphatic carbocycles. The van der Waals surface area contributed by atoms with Gasteiger partial charge in [-0.15, -0.1) is 0 Å². The molecule has 0 fully saturated rings. The Balaban J connectivity index is 1.17. The molecule has 0 saturated carbocycles. The third-order valence-corrected chi connectivity index (χ3v) is 10.1. The summed E-state index contributed by atoms with van der Waals surface area (Å²) in [5, 5.41) is 0. The van der Waals surface area contributed by atoms with Gasteiger partial charge < -0.3 is 19.6 Å². The Kier molecular flexibility index (Phi) is 8.66. The Morgan fingerprint density at radius 2 is 0.648 bits per heavy atom. The van der Waals surface area contributed by atoms with Crippen molar-refractivity contribution in [1.29, 1.82) is 0 Å². The second kappa shape index (κ2) is 13.6. The highest BCUT2D eigenvalue weighted by atomic mass is 16.2. The van der Waals surface area contributed by atoms with Gasteiger partial charge in [-0.1, -0.05) is 70.8 Å². The van der Waals surface area contributed by atoms with Crippen molar-refractivity contribution in [2.75, 3.05) is 23.9 Å². The van der Waals surface area contributed by atoms with Gasteiger partial charge in [0.1, 0.15) is 0 Å². The standard InChI is InChI=1S/C46H40N6O2/c1-29-7-15-33(16-8-29)51(34-17-9-30(2)10-18-34)37-23-25-39(47-27-37)43-41-42(46(54)49(43)5)44(50(6)45(41)53)40-26-24-38(28-48-40)52(35-19-11-31(3)12-20-35)36-21-13-32(4)14-22-36/h7-28H,1-6H3. The molecule has 266 valence electrons. The fraction of sp³-hybridized carbons (Fsp3) is 0.130. The van der Waals surface area contributed by atoms with Gasteiger partial charge in [-0.3, -0.25) is 19.6 Å². The van der Waals surface area contributed by atoms with Crippen LogP contribution in [0, 0.1) is 27.7 Å². The number of anilines is 6. The fourth-order valence-electron chi connectivity index (χ4n) is 7.11. The number of rotatable bonds is 8. The monoisotopic (exact) mass is 708 g/mol. The Morgan fingerprint density at radius 1 is 0.389 bits per heavy atom. The third-order valence-electron chi connectivity index (χ3n) is 10.1. The summed E-state index contributed by atoms with van der Waals surface area (Å²) in [5.41, 5.74) is 13.1. The van der Waals surface area contributed by atoms with Crippen LogP contribution >= 0.6 is 0 Å². The first kappa shape index (κ1) is 34.3. The number of amides is 2. The summed E-state index contributed by atoms with van der Waals surface area (Å²) in [7, 11) is 3.39. The van der Waals surface area contributed by atoms with Crippen molar-refractivity contribution in [3.8, 4) is 0 Å². The molecule has 0 N–H and O–H groups in total. The highest BCUT2D eigenvalue weighted by Crippen LogP contribution is 2.45. The Morgan fingerprint density at radius 3 is 0.889 bits per heavy atom. The zero-order valence-electron chi connectivity index (χ0n) is 31.2. The van der Waals surface area contributed by atoms with E-state index in [4.69, 9.17) is 9.97 Å². The van der Waals surface area contributed by atoms with Crippen LogP contribution in [-0.2, 0) is 9.59 Å². The molecule has 8 rings (SSSR count). The fourth-order valence-corrected chi connectivity index (χ4v) is 7.11. The summed E-state index contributed by atoms with van der Waals surface area (Å²) in [5.74, 6) is -0.544. The molecule has 0 saturated heterocycles. The predicted molar refractivity (Wildman–Crippen MR) is 216 cm³/mol. The van der Waals surface area contributed by atoms with Gasteiger partial charge in [-0.05, 0) is 100 Å². The molecule has 4 aromatic carbocycles. The first-order valence-corrected chi connectivity index (χ1v) is 17.9. The summed E-state index contributed by atoms with van der Waals surface area (Å²) in [6.07, 6.45) is 3.58. The zero-order valence-corrected chi connectivity index (χ0v) is 31.2. The van der Waals surface area contributed by atoms with Crippen molar-refractivity contribution in [2.24, 2.45) is 0 Å². The van der Waals surface area contributed by atoms with Crippen LogP contribution in [0.1, 0.15) is 33.6 Å². The van der Waals surface area contributed by atoms with Gasteiger partial charge in [0.15, 0.2) is 0 Å². The molecule has 4 heterocycles. The van der Waals surface area contributed by atoms with Crippen LogP contribution in [0.2, 0.25) is 0 Å². The SMILES string of the molecule is Cc1ccc(N(c2ccc(C)cc2)c2ccc(C3=C4C(=O)N(C)C(c5ccc(N(c6ccc(C)cc6)c6ccc(C)cc6)cn5)=C4C(=O)N3C)nc2)cc1. The number of aromatic nitrogens is 2. The van der Waals surface area contributed by atoms with Gasteiger partial charge in [0.25, 0.3) is 11.8 Å². The quantitative estimate of drug-likeness (QED) is 0.157. The number of pyridine rings is 2. The molecule has 54 heavy (non-hydrogen) atoms. The first-order chi connectivity index (χ1) is 26.1. The third kappa shape index (κ3) is 6.01. The highest BCUT2D eigenvalue weighted by molar-refractivity contribution is 6.29. The summed E-state index contributed by atoms with van der Waals surface area (Å²) in [6.45, 7) is 8.27. The van der Waals surface area contributed by atoms with E-state index in [2.05, 4.69) is 135 Å². The Hall–Kier alpha value is -6.80. The summed E-state index contributed by atoms with van der Waals surface area (Å²) < 4.78 is 0. The molecule has 0 bridgehead atoms. The molecular formula is C46H40N6O2. The normalized spacial score (nSPS) is 14.0. The number of carbonyl (C=O) groups is 2. The molecule has 2 aliphatic rings. The molecule has 2 amide bonds. The molecule has 8 heteroatoms. The largest absolute Gasteiger partial charge is 0.309 e. The lowest BCUT2D eigenvalue weighted by atomic mass is 10.1. The smallest absolute Gasteiger partial charge is 0.261 e. The van der Waals surface area contributed by atoms with Gasteiger partial charge in [-0.2, -0.15) is 0 Å². The van der Waals surface area contributed by atoms with Gasteiger partial charge in [0.2, 0.25) is 0 Å². The van der Waals surface area contributed by atoms with E-state index in [-0.39, 0.29) is 11.8 Å². The number of aryl methyl sites for hydroxylation is 4. The maximum atomic E-state index is 14.0. The molecule has 0 radical (unpaired) electrons. The summed E-state index contributed by atoms with van der Waals surface area (Å²) in [4.78, 5) is 45.1. The number of hydrogen-bond acceptors (Lipinski definition) is 6. The predicted octanol–water partition coefficient (Wildman–Crippen LogP) is 9.72. The number of nitrogens with zero attached hydrogens (tertiary/aromatic N) is 6.